The monoisotopic (exact) mass is 400 g/mol. The van der Waals surface area contributed by atoms with Crippen LogP contribution in [0.2, 0.25) is 0 Å². The van der Waals surface area contributed by atoms with Gasteiger partial charge in [-0.25, -0.2) is 4.98 Å². The minimum atomic E-state index is -4.27. The fourth-order valence-electron chi connectivity index (χ4n) is 2.42. The summed E-state index contributed by atoms with van der Waals surface area (Å²) in [6, 6.07) is 5.24. The van der Waals surface area contributed by atoms with E-state index in [-0.39, 0.29) is 24.5 Å². The molecule has 0 radical (unpaired) electrons. The van der Waals surface area contributed by atoms with Gasteiger partial charge in [0.25, 0.3) is 0 Å². The molecule has 0 bridgehead atoms. The fourth-order valence-corrected chi connectivity index (χ4v) is 3.08. The average Bonchev–Trinajstić information content (AvgIpc) is 3.05. The standard InChI is InChI=1S/C12H9ClF3IN2/c13-6-10-18-8-5-7(17)1-2-9(8)19(10)11(3-4-11)12(14,15)16/h1-2,5H,3-4,6H2. The number of fused-ring (bicyclic) bond motifs is 1. The highest BCUT2D eigenvalue weighted by Gasteiger charge is 2.65. The molecule has 2 aromatic rings. The molecule has 0 amide bonds. The number of hydrogen-bond donors (Lipinski definition) is 0. The molecule has 1 aliphatic carbocycles. The van der Waals surface area contributed by atoms with E-state index in [4.69, 9.17) is 11.6 Å². The van der Waals surface area contributed by atoms with Crippen LogP contribution < -0.4 is 0 Å². The highest BCUT2D eigenvalue weighted by Crippen LogP contribution is 2.57. The van der Waals surface area contributed by atoms with Crippen LogP contribution in [0.25, 0.3) is 11.0 Å². The van der Waals surface area contributed by atoms with Crippen LogP contribution in [0.5, 0.6) is 0 Å². The summed E-state index contributed by atoms with van der Waals surface area (Å²) in [5.74, 6) is 0.261. The van der Waals surface area contributed by atoms with Crippen molar-refractivity contribution < 1.29 is 13.2 Å². The predicted molar refractivity (Wildman–Crippen MR) is 75.3 cm³/mol. The Morgan fingerprint density at radius 2 is 2.05 bits per heavy atom. The average molecular weight is 401 g/mol. The zero-order valence-corrected chi connectivity index (χ0v) is 12.6. The zero-order chi connectivity index (χ0) is 13.8. The van der Waals surface area contributed by atoms with Crippen LogP contribution in [0, 0.1) is 3.57 Å². The summed E-state index contributed by atoms with van der Waals surface area (Å²) < 4.78 is 42.1. The molecule has 3 rings (SSSR count). The van der Waals surface area contributed by atoms with Gasteiger partial charge in [-0.15, -0.1) is 11.6 Å². The molecule has 1 aliphatic rings. The second-order valence-electron chi connectivity index (χ2n) is 4.66. The minimum Gasteiger partial charge on any atom is -0.311 e. The smallest absolute Gasteiger partial charge is 0.311 e. The van der Waals surface area contributed by atoms with Crippen molar-refractivity contribution in [2.45, 2.75) is 30.4 Å². The van der Waals surface area contributed by atoms with E-state index in [0.29, 0.717) is 11.0 Å². The van der Waals surface area contributed by atoms with Crippen molar-refractivity contribution in [2.75, 3.05) is 0 Å². The number of hydrogen-bond acceptors (Lipinski definition) is 1. The molecular weight excluding hydrogens is 391 g/mol. The third kappa shape index (κ3) is 1.94. The van der Waals surface area contributed by atoms with Gasteiger partial charge in [-0.2, -0.15) is 13.2 Å². The molecule has 19 heavy (non-hydrogen) atoms. The molecule has 102 valence electrons. The maximum Gasteiger partial charge on any atom is 0.412 e. The van der Waals surface area contributed by atoms with Crippen molar-refractivity contribution in [2.24, 2.45) is 0 Å². The lowest BCUT2D eigenvalue weighted by atomic mass is 10.2. The van der Waals surface area contributed by atoms with Crippen LogP contribution in [0.3, 0.4) is 0 Å². The van der Waals surface area contributed by atoms with Crippen molar-refractivity contribution in [1.82, 2.24) is 9.55 Å². The molecule has 1 heterocycles. The topological polar surface area (TPSA) is 17.8 Å². The Balaban J connectivity index is 2.28. The van der Waals surface area contributed by atoms with Gasteiger partial charge in [-0.3, -0.25) is 0 Å². The maximum atomic E-state index is 13.3. The van der Waals surface area contributed by atoms with Gasteiger partial charge in [0.1, 0.15) is 11.4 Å². The van der Waals surface area contributed by atoms with Gasteiger partial charge in [0.05, 0.1) is 16.9 Å². The largest absolute Gasteiger partial charge is 0.412 e. The van der Waals surface area contributed by atoms with Crippen molar-refractivity contribution in [1.29, 1.82) is 0 Å². The van der Waals surface area contributed by atoms with Gasteiger partial charge in [0, 0.05) is 3.57 Å². The van der Waals surface area contributed by atoms with Gasteiger partial charge in [0.15, 0.2) is 0 Å². The summed E-state index contributed by atoms with van der Waals surface area (Å²) in [6.45, 7) is 0. The third-order valence-corrected chi connectivity index (χ3v) is 4.39. The van der Waals surface area contributed by atoms with Crippen LogP contribution in [0.1, 0.15) is 18.7 Å². The van der Waals surface area contributed by atoms with E-state index in [1.807, 2.05) is 0 Å². The first kappa shape index (κ1) is 13.5. The van der Waals surface area contributed by atoms with Gasteiger partial charge in [-0.05, 0) is 53.6 Å². The van der Waals surface area contributed by atoms with E-state index in [1.54, 1.807) is 18.2 Å². The first-order chi connectivity index (χ1) is 8.89. The quantitative estimate of drug-likeness (QED) is 0.539. The Hall–Kier alpha value is -0.500. The molecule has 1 fully saturated rings. The van der Waals surface area contributed by atoms with Gasteiger partial charge >= 0.3 is 6.18 Å². The summed E-state index contributed by atoms with van der Waals surface area (Å²) in [7, 11) is 0. The Morgan fingerprint density at radius 1 is 1.37 bits per heavy atom. The van der Waals surface area contributed by atoms with Crippen molar-refractivity contribution in [3.63, 3.8) is 0 Å². The Kier molecular flexibility index (Phi) is 3.01. The highest BCUT2D eigenvalue weighted by molar-refractivity contribution is 14.1. The lowest BCUT2D eigenvalue weighted by Gasteiger charge is -2.23. The third-order valence-electron chi connectivity index (χ3n) is 3.48. The Morgan fingerprint density at radius 3 is 2.58 bits per heavy atom. The van der Waals surface area contributed by atoms with Crippen LogP contribution >= 0.6 is 34.2 Å². The van der Waals surface area contributed by atoms with Crippen LogP contribution in [0.4, 0.5) is 13.2 Å². The van der Waals surface area contributed by atoms with E-state index in [1.165, 1.54) is 4.57 Å². The minimum absolute atomic E-state index is 0.0247. The molecule has 0 spiro atoms. The molecule has 2 nitrogen and oxygen atoms in total. The van der Waals surface area contributed by atoms with Gasteiger partial charge in [-0.1, -0.05) is 0 Å². The number of aromatic nitrogens is 2. The van der Waals surface area contributed by atoms with Crippen molar-refractivity contribution in [3.05, 3.63) is 27.6 Å². The lowest BCUT2D eigenvalue weighted by molar-refractivity contribution is -0.179. The summed E-state index contributed by atoms with van der Waals surface area (Å²) in [6.07, 6.45) is -4.08. The Labute approximate surface area is 126 Å². The summed E-state index contributed by atoms with van der Waals surface area (Å²) in [4.78, 5) is 4.24. The summed E-state index contributed by atoms with van der Waals surface area (Å²) >= 11 is 7.88. The van der Waals surface area contributed by atoms with Gasteiger partial charge in [0.2, 0.25) is 0 Å². The summed E-state index contributed by atoms with van der Waals surface area (Å²) in [5.41, 5.74) is -0.734. The lowest BCUT2D eigenvalue weighted by Crippen LogP contribution is -2.35. The SMILES string of the molecule is FC(F)(F)C1(n2c(CCl)nc3cc(I)ccc32)CC1. The van der Waals surface area contributed by atoms with Crippen molar-refractivity contribution >= 4 is 45.2 Å². The van der Waals surface area contributed by atoms with E-state index >= 15 is 0 Å². The molecule has 0 aliphatic heterocycles. The number of nitrogens with zero attached hydrogens (tertiary/aromatic N) is 2. The molecule has 1 aromatic heterocycles. The maximum absolute atomic E-state index is 13.3. The molecule has 7 heteroatoms. The first-order valence-electron chi connectivity index (χ1n) is 5.69. The molecule has 1 saturated carbocycles. The van der Waals surface area contributed by atoms with E-state index < -0.39 is 11.7 Å². The second kappa shape index (κ2) is 4.25. The second-order valence-corrected chi connectivity index (χ2v) is 6.17. The molecule has 0 unspecified atom stereocenters. The number of halogens is 5. The molecule has 1 aromatic carbocycles. The van der Waals surface area contributed by atoms with E-state index in [9.17, 15) is 13.2 Å². The molecular formula is C12H9ClF3IN2. The molecule has 0 N–H and O–H groups in total. The molecule has 0 saturated heterocycles. The highest BCUT2D eigenvalue weighted by atomic mass is 127. The predicted octanol–water partition coefficient (Wildman–Crippen LogP) is 4.43. The number of alkyl halides is 4. The summed E-state index contributed by atoms with van der Waals surface area (Å²) in [5, 5.41) is 0. The number of benzene rings is 1. The normalized spacial score (nSPS) is 17.9. The first-order valence-corrected chi connectivity index (χ1v) is 7.30. The zero-order valence-electron chi connectivity index (χ0n) is 9.64. The van der Waals surface area contributed by atoms with E-state index in [2.05, 4.69) is 27.6 Å². The van der Waals surface area contributed by atoms with Crippen molar-refractivity contribution in [3.8, 4) is 0 Å². The van der Waals surface area contributed by atoms with Crippen LogP contribution in [-0.4, -0.2) is 15.7 Å². The number of imidazole rings is 1. The van der Waals surface area contributed by atoms with E-state index in [0.717, 1.165) is 3.57 Å². The van der Waals surface area contributed by atoms with Gasteiger partial charge < -0.3 is 4.57 Å². The molecule has 0 atom stereocenters. The van der Waals surface area contributed by atoms with Crippen LogP contribution in [-0.2, 0) is 11.4 Å². The number of rotatable bonds is 2. The van der Waals surface area contributed by atoms with Crippen LogP contribution in [0.15, 0.2) is 18.2 Å². The Bertz CT molecular complexity index is 646. The fraction of sp³-hybridized carbons (Fsp3) is 0.417.